The van der Waals surface area contributed by atoms with E-state index in [2.05, 4.69) is 0 Å². The standard InChI is InChI=1S/3C6H12O3.B/c3*1-2-3-4-5(7)6(8)9;/h3*5,7H,2-4H2,1H3,(H,8,9);/q;;;+3/p-3. The zero-order valence-electron chi connectivity index (χ0n) is 17.0. The van der Waals surface area contributed by atoms with Crippen molar-refractivity contribution in [3.63, 3.8) is 0 Å². The van der Waals surface area contributed by atoms with E-state index < -0.39 is 36.2 Å². The molecule has 0 radical (unpaired) electrons. The van der Waals surface area contributed by atoms with Crippen molar-refractivity contribution in [2.45, 2.75) is 96.9 Å². The van der Waals surface area contributed by atoms with Gasteiger partial charge in [-0.25, -0.2) is 0 Å². The normalized spacial score (nSPS) is 12.6. The Morgan fingerprint density at radius 2 is 0.786 bits per heavy atom. The van der Waals surface area contributed by atoms with Gasteiger partial charge in [0, 0.05) is 0 Å². The average molecular weight is 404 g/mol. The van der Waals surface area contributed by atoms with Crippen LogP contribution in [0.1, 0.15) is 78.6 Å². The Hall–Kier alpha value is -1.65. The SMILES string of the molecule is CCCCC(O)C(=O)[O-].CCCCC(O)C(=O)[O-].CCCCC(O)C(=O)[O-].[B+3]. The van der Waals surface area contributed by atoms with Gasteiger partial charge in [0.2, 0.25) is 0 Å². The van der Waals surface area contributed by atoms with E-state index in [9.17, 15) is 29.7 Å². The molecule has 0 aliphatic rings. The number of carboxylic acid groups (broad SMARTS) is 3. The number of unbranched alkanes of at least 4 members (excludes halogenated alkanes) is 3. The van der Waals surface area contributed by atoms with Gasteiger partial charge in [0.15, 0.2) is 0 Å². The van der Waals surface area contributed by atoms with Gasteiger partial charge in [-0.1, -0.05) is 59.3 Å². The number of aliphatic carboxylic acids is 3. The molecule has 0 rings (SSSR count). The van der Waals surface area contributed by atoms with Crippen LogP contribution in [0.4, 0.5) is 0 Å². The van der Waals surface area contributed by atoms with Crippen molar-refractivity contribution in [1.29, 1.82) is 0 Å². The molecule has 3 N–H and O–H groups in total. The van der Waals surface area contributed by atoms with Crippen LogP contribution in [0.3, 0.4) is 0 Å². The molecule has 0 heterocycles. The summed E-state index contributed by atoms with van der Waals surface area (Å²) in [5.74, 6) is -4.12. The van der Waals surface area contributed by atoms with Gasteiger partial charge < -0.3 is 45.0 Å². The quantitative estimate of drug-likeness (QED) is 0.296. The summed E-state index contributed by atoms with van der Waals surface area (Å²) in [6.45, 7) is 5.80. The average Bonchev–Trinajstić information content (AvgIpc) is 2.62. The maximum absolute atomic E-state index is 9.84. The summed E-state index contributed by atoms with van der Waals surface area (Å²) >= 11 is 0. The van der Waals surface area contributed by atoms with E-state index in [4.69, 9.17) is 15.3 Å². The van der Waals surface area contributed by atoms with Crippen LogP contribution >= 0.6 is 0 Å². The minimum absolute atomic E-state index is 0. The van der Waals surface area contributed by atoms with Gasteiger partial charge in [-0.15, -0.1) is 0 Å². The summed E-state index contributed by atoms with van der Waals surface area (Å²) < 4.78 is 0. The fraction of sp³-hybridized carbons (Fsp3) is 0.833. The molecule has 0 saturated heterocycles. The van der Waals surface area contributed by atoms with E-state index in [1.807, 2.05) is 20.8 Å². The Bertz CT molecular complexity index is 334. The molecule has 3 unspecified atom stereocenters. The fourth-order valence-electron chi connectivity index (χ4n) is 1.55. The molecular formula is C18H33BO9. The summed E-state index contributed by atoms with van der Waals surface area (Å²) in [5, 5.41) is 55.3. The van der Waals surface area contributed by atoms with Crippen LogP contribution in [0, 0.1) is 0 Å². The van der Waals surface area contributed by atoms with Gasteiger partial charge in [-0.05, 0) is 19.3 Å². The fourth-order valence-corrected chi connectivity index (χ4v) is 1.55. The number of carbonyl (C=O) groups is 3. The van der Waals surface area contributed by atoms with Crippen molar-refractivity contribution in [1.82, 2.24) is 0 Å². The summed E-state index contributed by atoms with van der Waals surface area (Å²) in [5.41, 5.74) is 0. The van der Waals surface area contributed by atoms with E-state index in [1.54, 1.807) is 0 Å². The molecule has 0 aromatic carbocycles. The molecule has 0 fully saturated rings. The maximum Gasteiger partial charge on any atom is 3.00 e. The summed E-state index contributed by atoms with van der Waals surface area (Å²) in [6.07, 6.45) is 1.97. The molecule has 9 nitrogen and oxygen atoms in total. The molecule has 0 aliphatic heterocycles. The van der Waals surface area contributed by atoms with Crippen LogP contribution in [0.2, 0.25) is 0 Å². The minimum Gasteiger partial charge on any atom is -0.547 e. The van der Waals surface area contributed by atoms with Gasteiger partial charge in [-0.3, -0.25) is 0 Å². The van der Waals surface area contributed by atoms with E-state index in [0.717, 1.165) is 38.5 Å². The first-order valence-electron chi connectivity index (χ1n) is 9.21. The van der Waals surface area contributed by atoms with E-state index in [-0.39, 0.29) is 8.41 Å². The van der Waals surface area contributed by atoms with Gasteiger partial charge in [0.25, 0.3) is 0 Å². The van der Waals surface area contributed by atoms with E-state index >= 15 is 0 Å². The summed E-state index contributed by atoms with van der Waals surface area (Å²) in [6, 6.07) is 0. The van der Waals surface area contributed by atoms with E-state index in [0.29, 0.717) is 19.3 Å². The largest absolute Gasteiger partial charge is 3.00 e. The van der Waals surface area contributed by atoms with Crippen LogP contribution in [0.5, 0.6) is 0 Å². The molecule has 162 valence electrons. The third-order valence-corrected chi connectivity index (χ3v) is 3.31. The Morgan fingerprint density at radius 1 is 0.607 bits per heavy atom. The molecule has 0 amide bonds. The number of aliphatic hydroxyl groups excluding tert-OH is 3. The van der Waals surface area contributed by atoms with Crippen LogP contribution in [-0.4, -0.2) is 60.0 Å². The van der Waals surface area contributed by atoms with Crippen molar-refractivity contribution in [2.24, 2.45) is 0 Å². The molecule has 28 heavy (non-hydrogen) atoms. The van der Waals surface area contributed by atoms with Gasteiger partial charge in [0.05, 0.1) is 36.2 Å². The number of aliphatic hydroxyl groups is 3. The third-order valence-electron chi connectivity index (χ3n) is 3.31. The van der Waals surface area contributed by atoms with Crippen molar-refractivity contribution < 1.29 is 45.0 Å². The van der Waals surface area contributed by atoms with Crippen molar-refractivity contribution in [3.05, 3.63) is 0 Å². The van der Waals surface area contributed by atoms with Crippen LogP contribution in [0.25, 0.3) is 0 Å². The van der Waals surface area contributed by atoms with Crippen molar-refractivity contribution in [3.8, 4) is 0 Å². The Morgan fingerprint density at radius 3 is 0.893 bits per heavy atom. The first-order chi connectivity index (χ1) is 12.5. The number of carboxylic acids is 3. The summed E-state index contributed by atoms with van der Waals surface area (Å²) in [4.78, 5) is 29.5. The molecule has 0 saturated carbocycles. The number of rotatable bonds is 12. The number of hydrogen-bond donors (Lipinski definition) is 3. The Balaban J connectivity index is -0.000000152. The zero-order valence-corrected chi connectivity index (χ0v) is 17.0. The topological polar surface area (TPSA) is 181 Å². The molecule has 0 spiro atoms. The van der Waals surface area contributed by atoms with Crippen LogP contribution < -0.4 is 15.3 Å². The second-order valence-electron chi connectivity index (χ2n) is 5.93. The zero-order chi connectivity index (χ0) is 21.8. The van der Waals surface area contributed by atoms with Crippen LogP contribution in [-0.2, 0) is 14.4 Å². The van der Waals surface area contributed by atoms with Gasteiger partial charge in [-0.2, -0.15) is 0 Å². The Labute approximate surface area is 169 Å². The smallest absolute Gasteiger partial charge is 0.547 e. The van der Waals surface area contributed by atoms with E-state index in [1.165, 1.54) is 0 Å². The predicted molar refractivity (Wildman–Crippen MR) is 97.4 cm³/mol. The minimum atomic E-state index is -1.37. The molecule has 10 heteroatoms. The molecule has 0 aromatic heterocycles. The third kappa shape index (κ3) is 26.6. The molecule has 0 aromatic rings. The number of hydrogen-bond acceptors (Lipinski definition) is 9. The first kappa shape index (κ1) is 33.9. The first-order valence-corrected chi connectivity index (χ1v) is 9.21. The predicted octanol–water partition coefficient (Wildman–Crippen LogP) is -2.52. The van der Waals surface area contributed by atoms with Crippen LogP contribution in [0.15, 0.2) is 0 Å². The molecule has 3 atom stereocenters. The second kappa shape index (κ2) is 23.4. The maximum atomic E-state index is 9.84. The Kier molecular flexibility index (Phi) is 28.3. The molecule has 0 aliphatic carbocycles. The number of carbonyl (C=O) groups excluding carboxylic acids is 3. The van der Waals surface area contributed by atoms with Crippen molar-refractivity contribution in [2.75, 3.05) is 0 Å². The molecular weight excluding hydrogens is 371 g/mol. The monoisotopic (exact) mass is 404 g/mol. The summed E-state index contributed by atoms with van der Waals surface area (Å²) in [7, 11) is 0. The van der Waals surface area contributed by atoms with Gasteiger partial charge in [0.1, 0.15) is 0 Å². The second-order valence-corrected chi connectivity index (χ2v) is 5.93. The van der Waals surface area contributed by atoms with Gasteiger partial charge >= 0.3 is 8.41 Å². The van der Waals surface area contributed by atoms with Crippen molar-refractivity contribution >= 4 is 26.3 Å². The molecule has 0 bridgehead atoms.